The Labute approximate surface area is 281 Å². The fourth-order valence-electron chi connectivity index (χ4n) is 8.42. The number of hydrogen-bond acceptors (Lipinski definition) is 6. The van der Waals surface area contributed by atoms with Crippen LogP contribution in [-0.4, -0.2) is 37.5 Å². The van der Waals surface area contributed by atoms with E-state index < -0.39 is 17.8 Å². The van der Waals surface area contributed by atoms with Crippen LogP contribution in [0.2, 0.25) is 0 Å². The van der Waals surface area contributed by atoms with Gasteiger partial charge < -0.3 is 14.8 Å². The number of benzene rings is 3. The van der Waals surface area contributed by atoms with Gasteiger partial charge in [-0.3, -0.25) is 19.7 Å². The number of imide groups is 2. The molecule has 8 rings (SSSR count). The molecule has 2 N–H and O–H groups in total. The number of anilines is 2. The molecule has 0 unspecified atom stereocenters. The SMILES string of the molecule is COc1cc(/C=C2\C(=O)NC(=O)N(c3ccc(C45CC6CC(CC(C6)C4)C5)cc3)C2=O)cc(Br)c1OCC(=O)Nc1ccc(C)cc1. The Morgan fingerprint density at radius 1 is 0.979 bits per heavy atom. The van der Waals surface area contributed by atoms with Crippen molar-refractivity contribution in [1.82, 2.24) is 5.32 Å². The van der Waals surface area contributed by atoms with E-state index in [1.807, 2.05) is 43.3 Å². The molecule has 3 aromatic carbocycles. The molecule has 0 radical (unpaired) electrons. The minimum atomic E-state index is -0.787. The number of aryl methyl sites for hydroxylation is 1. The van der Waals surface area contributed by atoms with Crippen molar-refractivity contribution >= 4 is 57.1 Å². The van der Waals surface area contributed by atoms with Crippen molar-refractivity contribution in [2.45, 2.75) is 50.9 Å². The molecule has 1 heterocycles. The molecule has 47 heavy (non-hydrogen) atoms. The minimum absolute atomic E-state index is 0.190. The average Bonchev–Trinajstić information content (AvgIpc) is 3.03. The number of halogens is 1. The first-order chi connectivity index (χ1) is 22.6. The highest BCUT2D eigenvalue weighted by atomic mass is 79.9. The summed E-state index contributed by atoms with van der Waals surface area (Å²) in [5.74, 6) is 1.12. The number of urea groups is 1. The van der Waals surface area contributed by atoms with Crippen molar-refractivity contribution in [2.24, 2.45) is 17.8 Å². The Kier molecular flexibility index (Phi) is 8.16. The van der Waals surface area contributed by atoms with Gasteiger partial charge in [0.1, 0.15) is 5.57 Å². The van der Waals surface area contributed by atoms with Gasteiger partial charge in [0.05, 0.1) is 17.3 Å². The highest BCUT2D eigenvalue weighted by Gasteiger charge is 2.51. The van der Waals surface area contributed by atoms with E-state index in [0.717, 1.165) is 28.2 Å². The van der Waals surface area contributed by atoms with Gasteiger partial charge in [-0.05, 0) is 138 Å². The monoisotopic (exact) mass is 697 g/mol. The summed E-state index contributed by atoms with van der Waals surface area (Å²) in [6, 6.07) is 17.6. The van der Waals surface area contributed by atoms with Crippen LogP contribution in [0.4, 0.5) is 16.2 Å². The van der Waals surface area contributed by atoms with E-state index in [9.17, 15) is 19.2 Å². The van der Waals surface area contributed by atoms with Gasteiger partial charge in [-0.2, -0.15) is 0 Å². The third kappa shape index (κ3) is 6.06. The lowest BCUT2D eigenvalue weighted by Gasteiger charge is -2.57. The summed E-state index contributed by atoms with van der Waals surface area (Å²) in [7, 11) is 1.45. The molecule has 0 atom stereocenters. The maximum absolute atomic E-state index is 13.7. The fourth-order valence-corrected chi connectivity index (χ4v) is 9.00. The van der Waals surface area contributed by atoms with Crippen molar-refractivity contribution in [3.05, 3.63) is 87.4 Å². The second kappa shape index (κ2) is 12.3. The van der Waals surface area contributed by atoms with Gasteiger partial charge in [0.2, 0.25) is 0 Å². The zero-order valence-corrected chi connectivity index (χ0v) is 27.9. The summed E-state index contributed by atoms with van der Waals surface area (Å²) >= 11 is 3.46. The van der Waals surface area contributed by atoms with Gasteiger partial charge in [-0.25, -0.2) is 9.69 Å². The van der Waals surface area contributed by atoms with Gasteiger partial charge in [-0.1, -0.05) is 29.8 Å². The number of barbiturate groups is 1. The first-order valence-electron chi connectivity index (χ1n) is 16.0. The molecule has 4 aliphatic carbocycles. The van der Waals surface area contributed by atoms with Crippen molar-refractivity contribution in [2.75, 3.05) is 23.9 Å². The highest BCUT2D eigenvalue weighted by Crippen LogP contribution is 2.60. The molecule has 5 amide bonds. The molecule has 0 aromatic heterocycles. The number of nitrogens with one attached hydrogen (secondary N) is 2. The van der Waals surface area contributed by atoms with Gasteiger partial charge in [0.25, 0.3) is 17.7 Å². The van der Waals surface area contributed by atoms with E-state index >= 15 is 0 Å². The molecule has 9 nitrogen and oxygen atoms in total. The normalized spacial score (nSPS) is 25.6. The standard InChI is InChI=1S/C37H36BrN3O6/c1-21-3-7-27(8-4-21)39-32(42)20-47-33-30(38)15-22(16-31(33)46-2)14-29-34(43)40-36(45)41(35(29)44)28-9-5-26(6-10-28)37-17-23-11-24(18-37)13-25(12-23)19-37/h3-10,14-16,23-25H,11-13,17-20H2,1-2H3,(H,39,42)(H,40,43,45)/b29-14+. The predicted molar refractivity (Wildman–Crippen MR) is 181 cm³/mol. The third-order valence-corrected chi connectivity index (χ3v) is 10.7. The second-order valence-corrected chi connectivity index (χ2v) is 14.3. The number of hydrogen-bond donors (Lipinski definition) is 2. The first-order valence-corrected chi connectivity index (χ1v) is 16.8. The number of carbonyl (C=O) groups excluding carboxylic acids is 4. The molecule has 5 fully saturated rings. The Hall–Kier alpha value is -4.44. The molecule has 4 bridgehead atoms. The Morgan fingerprint density at radius 3 is 2.23 bits per heavy atom. The van der Waals surface area contributed by atoms with E-state index in [-0.39, 0.29) is 35.0 Å². The Balaban J connectivity index is 1.08. The van der Waals surface area contributed by atoms with Crippen LogP contribution in [0, 0.1) is 24.7 Å². The zero-order valence-electron chi connectivity index (χ0n) is 26.3. The molecule has 3 aromatic rings. The summed E-state index contributed by atoms with van der Waals surface area (Å²) < 4.78 is 11.7. The van der Waals surface area contributed by atoms with Crippen molar-refractivity contribution < 1.29 is 28.7 Å². The Bertz CT molecular complexity index is 1760. The number of rotatable bonds is 8. The van der Waals surface area contributed by atoms with Gasteiger partial charge in [-0.15, -0.1) is 0 Å². The van der Waals surface area contributed by atoms with E-state index in [1.54, 1.807) is 12.1 Å². The summed E-state index contributed by atoms with van der Waals surface area (Å²) in [4.78, 5) is 53.0. The summed E-state index contributed by atoms with van der Waals surface area (Å²) in [5, 5.41) is 5.09. The first kappa shape index (κ1) is 31.2. The average molecular weight is 699 g/mol. The van der Waals surface area contributed by atoms with Crippen LogP contribution < -0.4 is 25.0 Å². The third-order valence-electron chi connectivity index (χ3n) is 10.1. The van der Waals surface area contributed by atoms with E-state index in [4.69, 9.17) is 9.47 Å². The largest absolute Gasteiger partial charge is 0.493 e. The summed E-state index contributed by atoms with van der Waals surface area (Å²) in [6.07, 6.45) is 9.11. The van der Waals surface area contributed by atoms with Crippen LogP contribution in [0.15, 0.2) is 70.7 Å². The van der Waals surface area contributed by atoms with Gasteiger partial charge in [0.15, 0.2) is 18.1 Å². The van der Waals surface area contributed by atoms with Crippen LogP contribution in [0.3, 0.4) is 0 Å². The van der Waals surface area contributed by atoms with E-state index in [0.29, 0.717) is 21.4 Å². The Morgan fingerprint density at radius 2 is 1.62 bits per heavy atom. The molecular weight excluding hydrogens is 662 g/mol. The maximum atomic E-state index is 13.7. The number of nitrogens with zero attached hydrogens (tertiary/aromatic N) is 1. The number of carbonyl (C=O) groups is 4. The lowest BCUT2D eigenvalue weighted by molar-refractivity contribution is -0.122. The summed E-state index contributed by atoms with van der Waals surface area (Å²) in [6.45, 7) is 1.69. The van der Waals surface area contributed by atoms with E-state index in [2.05, 4.69) is 38.7 Å². The molecular formula is C37H36BrN3O6. The van der Waals surface area contributed by atoms with Crippen LogP contribution in [0.5, 0.6) is 11.5 Å². The number of ether oxygens (including phenoxy) is 2. The summed E-state index contributed by atoms with van der Waals surface area (Å²) in [5.41, 5.74) is 3.87. The fraction of sp³-hybridized carbons (Fsp3) is 0.351. The number of amides is 5. The van der Waals surface area contributed by atoms with Crippen LogP contribution >= 0.6 is 15.9 Å². The lowest BCUT2D eigenvalue weighted by atomic mass is 9.48. The van der Waals surface area contributed by atoms with Gasteiger partial charge >= 0.3 is 6.03 Å². The minimum Gasteiger partial charge on any atom is -0.493 e. The topological polar surface area (TPSA) is 114 Å². The van der Waals surface area contributed by atoms with Gasteiger partial charge in [0, 0.05) is 5.69 Å². The van der Waals surface area contributed by atoms with Crippen molar-refractivity contribution in [3.8, 4) is 11.5 Å². The zero-order chi connectivity index (χ0) is 32.9. The molecule has 5 aliphatic rings. The van der Waals surface area contributed by atoms with Crippen molar-refractivity contribution in [3.63, 3.8) is 0 Å². The number of methoxy groups -OCH3 is 1. The smallest absolute Gasteiger partial charge is 0.335 e. The molecule has 1 saturated heterocycles. The lowest BCUT2D eigenvalue weighted by Crippen LogP contribution is -2.54. The van der Waals surface area contributed by atoms with E-state index in [1.165, 1.54) is 57.3 Å². The molecule has 10 heteroatoms. The maximum Gasteiger partial charge on any atom is 0.335 e. The molecule has 242 valence electrons. The predicted octanol–water partition coefficient (Wildman–Crippen LogP) is 6.92. The van der Waals surface area contributed by atoms with Crippen LogP contribution in [-0.2, 0) is 19.8 Å². The van der Waals surface area contributed by atoms with Crippen LogP contribution in [0.1, 0.15) is 55.2 Å². The quantitative estimate of drug-likeness (QED) is 0.195. The van der Waals surface area contributed by atoms with Crippen LogP contribution in [0.25, 0.3) is 6.08 Å². The second-order valence-electron chi connectivity index (χ2n) is 13.4. The van der Waals surface area contributed by atoms with Crippen molar-refractivity contribution in [1.29, 1.82) is 0 Å². The molecule has 4 saturated carbocycles. The highest BCUT2D eigenvalue weighted by molar-refractivity contribution is 9.10. The molecule has 1 aliphatic heterocycles. The molecule has 0 spiro atoms.